The first kappa shape index (κ1) is 24.7. The van der Waals surface area contributed by atoms with Crippen molar-refractivity contribution in [3.05, 3.63) is 164 Å². The van der Waals surface area contributed by atoms with E-state index in [1.165, 1.54) is 43.4 Å². The van der Waals surface area contributed by atoms with E-state index in [0.29, 0.717) is 0 Å². The quantitative estimate of drug-likeness (QED) is 0.199. The Morgan fingerprint density at radius 2 is 0.750 bits per heavy atom. The second-order valence-corrected chi connectivity index (χ2v) is 11.3. The lowest BCUT2D eigenvalue weighted by Gasteiger charge is -2.26. The van der Waals surface area contributed by atoms with Crippen molar-refractivity contribution in [1.82, 2.24) is 0 Å². The molecule has 8 aromatic carbocycles. The van der Waals surface area contributed by atoms with Crippen LogP contribution in [-0.4, -0.2) is 0 Å². The molecule has 0 amide bonds. The highest BCUT2D eigenvalue weighted by atomic mass is 16.3. The SMILES string of the molecule is c1ccc(-c2ccc(N(c3ccc4oc5ccccc5c4c3)c3ccc4c5ccccc5c5ccccc5c4c3)cc2)cc1. The number of hydrogen-bond donors (Lipinski definition) is 0. The largest absolute Gasteiger partial charge is 0.456 e. The van der Waals surface area contributed by atoms with Crippen molar-refractivity contribution in [2.24, 2.45) is 0 Å². The third kappa shape index (κ3) is 3.89. The van der Waals surface area contributed by atoms with Gasteiger partial charge in [-0.3, -0.25) is 0 Å². The van der Waals surface area contributed by atoms with E-state index >= 15 is 0 Å². The van der Waals surface area contributed by atoms with Crippen LogP contribution in [0.15, 0.2) is 168 Å². The highest BCUT2D eigenvalue weighted by molar-refractivity contribution is 6.25. The Morgan fingerprint density at radius 1 is 0.295 bits per heavy atom. The normalized spacial score (nSPS) is 11.6. The Balaban J connectivity index is 1.29. The number of benzene rings is 8. The molecule has 9 rings (SSSR count). The standard InChI is InChI=1S/C42H27NO/c1-2-10-28(11-3-1)29-18-20-30(21-19-29)43(32-23-25-42-40(27-32)38-16-8-9-17-41(38)44-42)31-22-24-37-35-14-5-4-12-33(35)34-13-6-7-15-36(34)39(37)26-31/h1-27H. The van der Waals surface area contributed by atoms with Gasteiger partial charge in [0.15, 0.2) is 0 Å². The van der Waals surface area contributed by atoms with E-state index in [9.17, 15) is 0 Å². The van der Waals surface area contributed by atoms with E-state index < -0.39 is 0 Å². The Bertz CT molecular complexity index is 2450. The third-order valence-electron chi connectivity index (χ3n) is 8.84. The third-order valence-corrected chi connectivity index (χ3v) is 8.84. The fourth-order valence-corrected chi connectivity index (χ4v) is 6.77. The van der Waals surface area contributed by atoms with E-state index in [0.717, 1.165) is 39.0 Å². The van der Waals surface area contributed by atoms with Gasteiger partial charge >= 0.3 is 0 Å². The van der Waals surface area contributed by atoms with Gasteiger partial charge < -0.3 is 9.32 Å². The highest BCUT2D eigenvalue weighted by Crippen LogP contribution is 2.42. The van der Waals surface area contributed by atoms with Crippen molar-refractivity contribution in [2.75, 3.05) is 4.90 Å². The van der Waals surface area contributed by atoms with Crippen molar-refractivity contribution in [1.29, 1.82) is 0 Å². The maximum absolute atomic E-state index is 6.19. The van der Waals surface area contributed by atoms with Crippen LogP contribution in [0.3, 0.4) is 0 Å². The topological polar surface area (TPSA) is 16.4 Å². The lowest BCUT2D eigenvalue weighted by atomic mass is 9.94. The van der Waals surface area contributed by atoms with Crippen LogP contribution in [-0.2, 0) is 0 Å². The summed E-state index contributed by atoms with van der Waals surface area (Å²) in [5, 5.41) is 9.85. The molecule has 0 saturated carbocycles. The molecule has 2 nitrogen and oxygen atoms in total. The first-order valence-electron chi connectivity index (χ1n) is 15.0. The van der Waals surface area contributed by atoms with Crippen LogP contribution in [0, 0.1) is 0 Å². The van der Waals surface area contributed by atoms with Crippen LogP contribution < -0.4 is 4.90 Å². The molecule has 2 heteroatoms. The van der Waals surface area contributed by atoms with Gasteiger partial charge in [0.2, 0.25) is 0 Å². The Hall–Kier alpha value is -5.86. The van der Waals surface area contributed by atoms with Gasteiger partial charge in [-0.15, -0.1) is 0 Å². The minimum atomic E-state index is 0.894. The highest BCUT2D eigenvalue weighted by Gasteiger charge is 2.17. The van der Waals surface area contributed by atoms with E-state index in [1.54, 1.807) is 0 Å². The lowest BCUT2D eigenvalue weighted by Crippen LogP contribution is -2.10. The summed E-state index contributed by atoms with van der Waals surface area (Å²) in [6.45, 7) is 0. The first-order valence-corrected chi connectivity index (χ1v) is 15.0. The zero-order valence-electron chi connectivity index (χ0n) is 23.9. The lowest BCUT2D eigenvalue weighted by molar-refractivity contribution is 0.669. The summed E-state index contributed by atoms with van der Waals surface area (Å²) >= 11 is 0. The molecule has 1 heterocycles. The zero-order chi connectivity index (χ0) is 29.0. The van der Waals surface area contributed by atoms with Gasteiger partial charge in [0.05, 0.1) is 0 Å². The fourth-order valence-electron chi connectivity index (χ4n) is 6.77. The molecule has 0 aliphatic heterocycles. The molecule has 0 saturated heterocycles. The summed E-state index contributed by atoms with van der Waals surface area (Å²) in [6.07, 6.45) is 0. The average Bonchev–Trinajstić information content (AvgIpc) is 3.47. The summed E-state index contributed by atoms with van der Waals surface area (Å²) in [5.41, 5.74) is 7.50. The molecular weight excluding hydrogens is 534 g/mol. The van der Waals surface area contributed by atoms with Gasteiger partial charge in [0.25, 0.3) is 0 Å². The van der Waals surface area contributed by atoms with Gasteiger partial charge in [-0.1, -0.05) is 115 Å². The number of hydrogen-bond acceptors (Lipinski definition) is 2. The number of furan rings is 1. The molecule has 0 N–H and O–H groups in total. The van der Waals surface area contributed by atoms with Crippen LogP contribution in [0.5, 0.6) is 0 Å². The maximum atomic E-state index is 6.19. The number of nitrogens with zero attached hydrogens (tertiary/aromatic N) is 1. The molecule has 0 atom stereocenters. The maximum Gasteiger partial charge on any atom is 0.135 e. The Kier molecular flexibility index (Phi) is 5.54. The van der Waals surface area contributed by atoms with Crippen molar-refractivity contribution < 1.29 is 4.42 Å². The smallest absolute Gasteiger partial charge is 0.135 e. The van der Waals surface area contributed by atoms with E-state index in [1.807, 2.05) is 12.1 Å². The molecule has 9 aromatic rings. The van der Waals surface area contributed by atoms with Crippen LogP contribution in [0.4, 0.5) is 17.1 Å². The van der Waals surface area contributed by atoms with Gasteiger partial charge in [-0.25, -0.2) is 0 Å². The summed E-state index contributed by atoms with van der Waals surface area (Å²) < 4.78 is 6.19. The first-order chi connectivity index (χ1) is 21.8. The molecule has 206 valence electrons. The Morgan fingerprint density at radius 3 is 1.43 bits per heavy atom. The molecule has 0 aliphatic carbocycles. The average molecular weight is 562 g/mol. The second kappa shape index (κ2) is 9.86. The van der Waals surface area contributed by atoms with Gasteiger partial charge in [0.1, 0.15) is 11.2 Å². The Labute approximate surface area is 255 Å². The van der Waals surface area contributed by atoms with Crippen LogP contribution in [0.1, 0.15) is 0 Å². The second-order valence-electron chi connectivity index (χ2n) is 11.3. The molecule has 0 fully saturated rings. The van der Waals surface area contributed by atoms with Gasteiger partial charge in [0, 0.05) is 27.8 Å². The number of fused-ring (bicyclic) bond motifs is 9. The summed E-state index contributed by atoms with van der Waals surface area (Å²) in [7, 11) is 0. The predicted molar refractivity (Wildman–Crippen MR) is 186 cm³/mol. The van der Waals surface area contributed by atoms with E-state index in [4.69, 9.17) is 4.42 Å². The fraction of sp³-hybridized carbons (Fsp3) is 0. The minimum Gasteiger partial charge on any atom is -0.456 e. The molecule has 0 spiro atoms. The van der Waals surface area contributed by atoms with Crippen molar-refractivity contribution >= 4 is 71.3 Å². The molecule has 0 radical (unpaired) electrons. The van der Waals surface area contributed by atoms with Crippen molar-refractivity contribution in [3.63, 3.8) is 0 Å². The molecular formula is C42H27NO. The predicted octanol–water partition coefficient (Wildman–Crippen LogP) is 12.2. The van der Waals surface area contributed by atoms with Crippen molar-refractivity contribution in [3.8, 4) is 11.1 Å². The minimum absolute atomic E-state index is 0.894. The summed E-state index contributed by atoms with van der Waals surface area (Å²) in [5.74, 6) is 0. The molecule has 44 heavy (non-hydrogen) atoms. The number of rotatable bonds is 4. The van der Waals surface area contributed by atoms with E-state index in [2.05, 4.69) is 157 Å². The number of para-hydroxylation sites is 1. The van der Waals surface area contributed by atoms with Crippen LogP contribution in [0.25, 0.3) is 65.4 Å². The van der Waals surface area contributed by atoms with Gasteiger partial charge in [-0.2, -0.15) is 0 Å². The van der Waals surface area contributed by atoms with Crippen molar-refractivity contribution in [2.45, 2.75) is 0 Å². The van der Waals surface area contributed by atoms with Crippen LogP contribution >= 0.6 is 0 Å². The number of anilines is 3. The van der Waals surface area contributed by atoms with Crippen LogP contribution in [0.2, 0.25) is 0 Å². The molecule has 0 unspecified atom stereocenters. The summed E-state index contributed by atoms with van der Waals surface area (Å²) in [4.78, 5) is 2.36. The monoisotopic (exact) mass is 561 g/mol. The molecule has 1 aromatic heterocycles. The zero-order valence-corrected chi connectivity index (χ0v) is 23.9. The van der Waals surface area contributed by atoms with Gasteiger partial charge in [-0.05, 0) is 92.0 Å². The summed E-state index contributed by atoms with van der Waals surface area (Å²) in [6, 6.07) is 58.6. The van der Waals surface area contributed by atoms with E-state index in [-0.39, 0.29) is 0 Å². The molecule has 0 aliphatic rings. The molecule has 0 bridgehead atoms.